The van der Waals surface area contributed by atoms with E-state index >= 15 is 0 Å². The van der Waals surface area contributed by atoms with E-state index < -0.39 is 0 Å². The Labute approximate surface area is 180 Å². The Morgan fingerprint density at radius 2 is 1.90 bits per heavy atom. The maximum atomic E-state index is 6.29. The van der Waals surface area contributed by atoms with E-state index in [1.165, 1.54) is 0 Å². The van der Waals surface area contributed by atoms with Crippen molar-refractivity contribution in [1.82, 2.24) is 0 Å². The van der Waals surface area contributed by atoms with Crippen LogP contribution in [0, 0.1) is 0 Å². The minimum absolute atomic E-state index is 0.141. The van der Waals surface area contributed by atoms with Gasteiger partial charge in [-0.15, -0.1) is 0 Å². The van der Waals surface area contributed by atoms with Crippen molar-refractivity contribution in [2.24, 2.45) is 4.99 Å². The predicted molar refractivity (Wildman–Crippen MR) is 114 cm³/mol. The number of nitrogens with zero attached hydrogens (tertiary/aromatic N) is 1. The third-order valence-corrected chi connectivity index (χ3v) is 5.69. The van der Waals surface area contributed by atoms with Crippen LogP contribution in [0.5, 0.6) is 5.75 Å². The molecule has 0 saturated carbocycles. The maximum absolute atomic E-state index is 6.29. The molecule has 2 aromatic carbocycles. The Hall–Kier alpha value is -1.63. The quantitative estimate of drug-likeness (QED) is 0.583. The molecule has 0 spiro atoms. The SMILES string of the molecule is Clc1cccc(-c2ccc(OC[C@H]3N=CC(COCC4CCCO4)O3)cc2)c1Cl. The molecule has 0 radical (unpaired) electrons. The molecular weight excluding hydrogens is 413 g/mol. The minimum atomic E-state index is -0.326. The first kappa shape index (κ1) is 20.6. The highest BCUT2D eigenvalue weighted by Crippen LogP contribution is 2.34. The standard InChI is InChI=1S/C22H23Cl2NO4/c23-20-5-1-4-19(22(20)24)15-6-8-16(9-7-15)28-14-21-25-11-18(29-21)13-26-12-17-3-2-10-27-17/h1,4-9,11,17-18,21H,2-3,10,12-14H2/t17?,18?,21-/m0/s1. The van der Waals surface area contributed by atoms with E-state index in [-0.39, 0.29) is 18.4 Å². The molecule has 4 rings (SSSR count). The summed E-state index contributed by atoms with van der Waals surface area (Å²) in [6, 6.07) is 13.3. The number of halogens is 2. The summed E-state index contributed by atoms with van der Waals surface area (Å²) in [6.07, 6.45) is 3.72. The van der Waals surface area contributed by atoms with Gasteiger partial charge in [-0.1, -0.05) is 47.5 Å². The Kier molecular flexibility index (Phi) is 7.06. The van der Waals surface area contributed by atoms with Crippen LogP contribution in [0.1, 0.15) is 12.8 Å². The Bertz CT molecular complexity index is 837. The van der Waals surface area contributed by atoms with Crippen LogP contribution in [0.4, 0.5) is 0 Å². The molecule has 2 heterocycles. The number of ether oxygens (including phenoxy) is 4. The minimum Gasteiger partial charge on any atom is -0.489 e. The van der Waals surface area contributed by atoms with Crippen LogP contribution < -0.4 is 4.74 Å². The zero-order valence-corrected chi connectivity index (χ0v) is 17.4. The molecule has 1 saturated heterocycles. The van der Waals surface area contributed by atoms with Gasteiger partial charge in [0.25, 0.3) is 0 Å². The van der Waals surface area contributed by atoms with Crippen molar-refractivity contribution >= 4 is 29.4 Å². The first-order chi connectivity index (χ1) is 14.2. The van der Waals surface area contributed by atoms with Crippen molar-refractivity contribution in [3.63, 3.8) is 0 Å². The normalized spacial score (nSPS) is 23.6. The lowest BCUT2D eigenvalue weighted by molar-refractivity contribution is -0.0413. The summed E-state index contributed by atoms with van der Waals surface area (Å²) in [6.45, 7) is 2.27. The predicted octanol–water partition coefficient (Wildman–Crippen LogP) is 5.03. The van der Waals surface area contributed by atoms with Gasteiger partial charge in [0, 0.05) is 18.4 Å². The summed E-state index contributed by atoms with van der Waals surface area (Å²) < 4.78 is 22.9. The molecule has 0 bridgehead atoms. The zero-order valence-electron chi connectivity index (χ0n) is 15.9. The van der Waals surface area contributed by atoms with E-state index in [1.807, 2.05) is 36.4 Å². The molecule has 0 amide bonds. The molecule has 7 heteroatoms. The number of hydrogen-bond donors (Lipinski definition) is 0. The van der Waals surface area contributed by atoms with Crippen molar-refractivity contribution in [3.05, 3.63) is 52.5 Å². The molecule has 2 aliphatic heterocycles. The Morgan fingerprint density at radius 3 is 2.69 bits per heavy atom. The van der Waals surface area contributed by atoms with Crippen molar-refractivity contribution in [3.8, 4) is 16.9 Å². The monoisotopic (exact) mass is 435 g/mol. The molecule has 1 fully saturated rings. The fourth-order valence-electron chi connectivity index (χ4n) is 3.35. The van der Waals surface area contributed by atoms with Crippen molar-refractivity contribution < 1.29 is 18.9 Å². The third kappa shape index (κ3) is 5.50. The molecule has 0 aliphatic carbocycles. The molecule has 0 N–H and O–H groups in total. The number of aliphatic imine (C=N–C) groups is 1. The van der Waals surface area contributed by atoms with Gasteiger partial charge in [-0.05, 0) is 36.6 Å². The fraction of sp³-hybridized carbons (Fsp3) is 0.409. The second kappa shape index (κ2) is 9.92. The Morgan fingerprint density at radius 1 is 1.03 bits per heavy atom. The van der Waals surface area contributed by atoms with Crippen molar-refractivity contribution in [2.45, 2.75) is 31.3 Å². The second-order valence-electron chi connectivity index (χ2n) is 7.04. The fourth-order valence-corrected chi connectivity index (χ4v) is 3.75. The van der Waals surface area contributed by atoms with Gasteiger partial charge in [0.05, 0.1) is 29.4 Å². The number of benzene rings is 2. The molecular formula is C22H23Cl2NO4. The summed E-state index contributed by atoms with van der Waals surface area (Å²) in [5.74, 6) is 0.740. The van der Waals surface area contributed by atoms with E-state index in [9.17, 15) is 0 Å². The van der Waals surface area contributed by atoms with Crippen LogP contribution in [0.25, 0.3) is 11.1 Å². The highest BCUT2D eigenvalue weighted by Gasteiger charge is 2.22. The average molecular weight is 436 g/mol. The van der Waals surface area contributed by atoms with Crippen LogP contribution >= 0.6 is 23.2 Å². The smallest absolute Gasteiger partial charge is 0.182 e. The highest BCUT2D eigenvalue weighted by molar-refractivity contribution is 6.43. The molecule has 0 aromatic heterocycles. The highest BCUT2D eigenvalue weighted by atomic mass is 35.5. The van der Waals surface area contributed by atoms with E-state index in [2.05, 4.69) is 4.99 Å². The van der Waals surface area contributed by atoms with E-state index in [0.29, 0.717) is 29.9 Å². The molecule has 3 atom stereocenters. The second-order valence-corrected chi connectivity index (χ2v) is 7.82. The maximum Gasteiger partial charge on any atom is 0.182 e. The summed E-state index contributed by atoms with van der Waals surface area (Å²) in [5.41, 5.74) is 1.86. The first-order valence-electron chi connectivity index (χ1n) is 9.74. The van der Waals surface area contributed by atoms with Gasteiger partial charge in [-0.2, -0.15) is 0 Å². The number of rotatable bonds is 8. The van der Waals surface area contributed by atoms with Gasteiger partial charge >= 0.3 is 0 Å². The topological polar surface area (TPSA) is 49.3 Å². The van der Waals surface area contributed by atoms with Crippen LogP contribution in [-0.4, -0.2) is 51.1 Å². The summed E-state index contributed by atoms with van der Waals surface area (Å²) in [5, 5.41) is 1.08. The van der Waals surface area contributed by atoms with Gasteiger partial charge in [0.1, 0.15) is 18.5 Å². The molecule has 2 aliphatic rings. The summed E-state index contributed by atoms with van der Waals surface area (Å²) in [7, 11) is 0. The van der Waals surface area contributed by atoms with Crippen LogP contribution in [0.3, 0.4) is 0 Å². The zero-order chi connectivity index (χ0) is 20.1. The van der Waals surface area contributed by atoms with Gasteiger partial charge in [-0.25, -0.2) is 0 Å². The summed E-state index contributed by atoms with van der Waals surface area (Å²) >= 11 is 12.4. The lowest BCUT2D eigenvalue weighted by Gasteiger charge is -2.15. The van der Waals surface area contributed by atoms with E-state index in [1.54, 1.807) is 12.3 Å². The summed E-state index contributed by atoms with van der Waals surface area (Å²) in [4.78, 5) is 4.35. The molecule has 5 nitrogen and oxygen atoms in total. The van der Waals surface area contributed by atoms with Gasteiger partial charge < -0.3 is 18.9 Å². The number of hydrogen-bond acceptors (Lipinski definition) is 5. The molecule has 154 valence electrons. The van der Waals surface area contributed by atoms with Crippen LogP contribution in [0.15, 0.2) is 47.5 Å². The largest absolute Gasteiger partial charge is 0.489 e. The lowest BCUT2D eigenvalue weighted by Crippen LogP contribution is -2.25. The average Bonchev–Trinajstić information content (AvgIpc) is 3.41. The van der Waals surface area contributed by atoms with Crippen molar-refractivity contribution in [1.29, 1.82) is 0 Å². The van der Waals surface area contributed by atoms with Crippen LogP contribution in [0.2, 0.25) is 10.0 Å². The molecule has 2 aromatic rings. The molecule has 29 heavy (non-hydrogen) atoms. The first-order valence-corrected chi connectivity index (χ1v) is 10.5. The van der Waals surface area contributed by atoms with E-state index in [0.717, 1.165) is 36.3 Å². The third-order valence-electron chi connectivity index (χ3n) is 4.87. The van der Waals surface area contributed by atoms with E-state index in [4.69, 9.17) is 42.1 Å². The lowest BCUT2D eigenvalue weighted by atomic mass is 10.1. The van der Waals surface area contributed by atoms with Gasteiger partial charge in [-0.3, -0.25) is 4.99 Å². The van der Waals surface area contributed by atoms with Crippen molar-refractivity contribution in [2.75, 3.05) is 26.4 Å². The van der Waals surface area contributed by atoms with Gasteiger partial charge in [0.2, 0.25) is 0 Å². The van der Waals surface area contributed by atoms with Gasteiger partial charge in [0.15, 0.2) is 6.23 Å². The van der Waals surface area contributed by atoms with Crippen LogP contribution in [-0.2, 0) is 14.2 Å². The Balaban J connectivity index is 1.21. The molecule has 2 unspecified atom stereocenters.